The number of rotatable bonds is 5. The van der Waals surface area contributed by atoms with Crippen LogP contribution in [0.3, 0.4) is 0 Å². The second kappa shape index (κ2) is 6.15. The van der Waals surface area contributed by atoms with Crippen LogP contribution in [0.1, 0.15) is 5.56 Å². The van der Waals surface area contributed by atoms with Gasteiger partial charge in [-0.15, -0.1) is 0 Å². The first-order valence-electron chi connectivity index (χ1n) is 5.63. The van der Waals surface area contributed by atoms with Gasteiger partial charge in [0.25, 0.3) is 5.69 Å². The summed E-state index contributed by atoms with van der Waals surface area (Å²) in [5, 5.41) is 11.2. The molecule has 1 heterocycles. The molecule has 19 heavy (non-hydrogen) atoms. The molecule has 0 unspecified atom stereocenters. The van der Waals surface area contributed by atoms with E-state index in [0.717, 1.165) is 0 Å². The summed E-state index contributed by atoms with van der Waals surface area (Å²) in [7, 11) is 0. The predicted molar refractivity (Wildman–Crippen MR) is 71.5 cm³/mol. The molecule has 0 aliphatic heterocycles. The van der Waals surface area contributed by atoms with Gasteiger partial charge in [-0.3, -0.25) is 10.1 Å². The standard InChI is InChI=1S/C13H11ClN2O3/c14-13-6-5-11(9-15-13)19-8-7-10-3-1-2-4-12(10)16(17)18/h1-6,9H,7-8H2. The molecule has 0 saturated carbocycles. The molecule has 0 N–H and O–H groups in total. The molecule has 0 atom stereocenters. The van der Waals surface area contributed by atoms with Gasteiger partial charge < -0.3 is 4.74 Å². The molecule has 5 nitrogen and oxygen atoms in total. The summed E-state index contributed by atoms with van der Waals surface area (Å²) >= 11 is 5.66. The molecule has 1 aromatic heterocycles. The Morgan fingerprint density at radius 1 is 1.26 bits per heavy atom. The van der Waals surface area contributed by atoms with Gasteiger partial charge in [0.15, 0.2) is 0 Å². The van der Waals surface area contributed by atoms with E-state index in [1.165, 1.54) is 12.3 Å². The summed E-state index contributed by atoms with van der Waals surface area (Å²) in [6.07, 6.45) is 1.97. The number of benzene rings is 1. The summed E-state index contributed by atoms with van der Waals surface area (Å²) in [5.41, 5.74) is 0.759. The lowest BCUT2D eigenvalue weighted by Crippen LogP contribution is -2.04. The number of nitro benzene ring substituents is 1. The van der Waals surface area contributed by atoms with E-state index in [1.807, 2.05) is 0 Å². The van der Waals surface area contributed by atoms with Crippen molar-refractivity contribution in [2.45, 2.75) is 6.42 Å². The number of nitro groups is 1. The zero-order chi connectivity index (χ0) is 13.7. The largest absolute Gasteiger partial charge is 0.492 e. The summed E-state index contributed by atoms with van der Waals surface area (Å²) in [6.45, 7) is 0.341. The number of aromatic nitrogens is 1. The molecule has 0 saturated heterocycles. The molecule has 0 aliphatic carbocycles. The molecule has 0 aliphatic rings. The van der Waals surface area contributed by atoms with Crippen LogP contribution < -0.4 is 4.74 Å². The molecule has 0 spiro atoms. The number of nitrogens with zero attached hydrogens (tertiary/aromatic N) is 2. The summed E-state index contributed by atoms with van der Waals surface area (Å²) in [5.74, 6) is 0.586. The first kappa shape index (κ1) is 13.3. The summed E-state index contributed by atoms with van der Waals surface area (Å²) in [6, 6.07) is 9.95. The minimum Gasteiger partial charge on any atom is -0.492 e. The van der Waals surface area contributed by atoms with Crippen LogP contribution >= 0.6 is 11.6 Å². The normalized spacial score (nSPS) is 10.2. The van der Waals surface area contributed by atoms with E-state index >= 15 is 0 Å². The van der Waals surface area contributed by atoms with Crippen molar-refractivity contribution in [3.63, 3.8) is 0 Å². The molecule has 0 fully saturated rings. The van der Waals surface area contributed by atoms with Gasteiger partial charge in [0.1, 0.15) is 10.9 Å². The Kier molecular flexibility index (Phi) is 4.30. The molecule has 6 heteroatoms. The smallest absolute Gasteiger partial charge is 0.272 e. The molecule has 98 valence electrons. The van der Waals surface area contributed by atoms with Gasteiger partial charge in [-0.25, -0.2) is 4.98 Å². The van der Waals surface area contributed by atoms with E-state index in [-0.39, 0.29) is 10.6 Å². The average molecular weight is 279 g/mol. The highest BCUT2D eigenvalue weighted by Gasteiger charge is 2.11. The van der Waals surface area contributed by atoms with Crippen LogP contribution in [-0.2, 0) is 6.42 Å². The number of hydrogen-bond donors (Lipinski definition) is 0. The number of halogens is 1. The molecule has 0 bridgehead atoms. The van der Waals surface area contributed by atoms with E-state index < -0.39 is 0 Å². The number of para-hydroxylation sites is 1. The van der Waals surface area contributed by atoms with Crippen molar-refractivity contribution >= 4 is 17.3 Å². The molecule has 2 rings (SSSR count). The van der Waals surface area contributed by atoms with E-state index in [0.29, 0.717) is 29.5 Å². The monoisotopic (exact) mass is 278 g/mol. The minimum atomic E-state index is -0.390. The fourth-order valence-electron chi connectivity index (χ4n) is 1.63. The second-order valence-corrected chi connectivity index (χ2v) is 4.19. The Hall–Kier alpha value is -2.14. The zero-order valence-electron chi connectivity index (χ0n) is 9.95. The third kappa shape index (κ3) is 3.66. The Labute approximate surface area is 115 Å². The first-order chi connectivity index (χ1) is 9.16. The lowest BCUT2D eigenvalue weighted by molar-refractivity contribution is -0.385. The van der Waals surface area contributed by atoms with Crippen LogP contribution in [-0.4, -0.2) is 16.5 Å². The van der Waals surface area contributed by atoms with Gasteiger partial charge in [-0.05, 0) is 12.1 Å². The minimum absolute atomic E-state index is 0.111. The predicted octanol–water partition coefficient (Wildman–Crippen LogP) is 3.26. The van der Waals surface area contributed by atoms with Crippen molar-refractivity contribution < 1.29 is 9.66 Å². The first-order valence-corrected chi connectivity index (χ1v) is 6.01. The van der Waals surface area contributed by atoms with Gasteiger partial charge >= 0.3 is 0 Å². The second-order valence-electron chi connectivity index (χ2n) is 3.80. The fourth-order valence-corrected chi connectivity index (χ4v) is 1.74. The number of pyridine rings is 1. The van der Waals surface area contributed by atoms with E-state index in [1.54, 1.807) is 30.3 Å². The van der Waals surface area contributed by atoms with E-state index in [9.17, 15) is 10.1 Å². The highest BCUT2D eigenvalue weighted by Crippen LogP contribution is 2.19. The highest BCUT2D eigenvalue weighted by molar-refractivity contribution is 6.29. The third-order valence-electron chi connectivity index (χ3n) is 2.53. The third-order valence-corrected chi connectivity index (χ3v) is 2.75. The van der Waals surface area contributed by atoms with Gasteiger partial charge in [0.2, 0.25) is 0 Å². The van der Waals surface area contributed by atoms with Gasteiger partial charge in [-0.1, -0.05) is 29.8 Å². The topological polar surface area (TPSA) is 65.3 Å². The van der Waals surface area contributed by atoms with Crippen molar-refractivity contribution in [3.05, 3.63) is 63.4 Å². The molecule has 2 aromatic rings. The van der Waals surface area contributed by atoms with Gasteiger partial charge in [-0.2, -0.15) is 0 Å². The molecule has 0 radical (unpaired) electrons. The van der Waals surface area contributed by atoms with E-state index in [2.05, 4.69) is 4.98 Å². The van der Waals surface area contributed by atoms with Crippen LogP contribution in [0.5, 0.6) is 5.75 Å². The Morgan fingerprint density at radius 3 is 2.74 bits per heavy atom. The summed E-state index contributed by atoms with van der Waals surface area (Å²) in [4.78, 5) is 14.3. The molecular formula is C13H11ClN2O3. The van der Waals surface area contributed by atoms with Crippen molar-refractivity contribution in [1.82, 2.24) is 4.98 Å². The lowest BCUT2D eigenvalue weighted by Gasteiger charge is -2.06. The van der Waals surface area contributed by atoms with Crippen LogP contribution in [0.2, 0.25) is 5.15 Å². The highest BCUT2D eigenvalue weighted by atomic mass is 35.5. The van der Waals surface area contributed by atoms with Gasteiger partial charge in [0.05, 0.1) is 17.7 Å². The van der Waals surface area contributed by atoms with Crippen molar-refractivity contribution in [2.75, 3.05) is 6.61 Å². The Bertz CT molecular complexity index is 572. The van der Waals surface area contributed by atoms with Crippen LogP contribution in [0.4, 0.5) is 5.69 Å². The quantitative estimate of drug-likeness (QED) is 0.478. The molecule has 1 aromatic carbocycles. The van der Waals surface area contributed by atoms with Crippen molar-refractivity contribution in [1.29, 1.82) is 0 Å². The van der Waals surface area contributed by atoms with Gasteiger partial charge in [0, 0.05) is 18.1 Å². The van der Waals surface area contributed by atoms with E-state index in [4.69, 9.17) is 16.3 Å². The van der Waals surface area contributed by atoms with Crippen LogP contribution in [0.15, 0.2) is 42.6 Å². The average Bonchev–Trinajstić information content (AvgIpc) is 2.41. The summed E-state index contributed by atoms with van der Waals surface area (Å²) < 4.78 is 5.46. The Balaban J connectivity index is 1.96. The fraction of sp³-hybridized carbons (Fsp3) is 0.154. The Morgan fingerprint density at radius 2 is 2.05 bits per heavy atom. The molecular weight excluding hydrogens is 268 g/mol. The maximum Gasteiger partial charge on any atom is 0.272 e. The zero-order valence-corrected chi connectivity index (χ0v) is 10.7. The number of hydrogen-bond acceptors (Lipinski definition) is 4. The number of ether oxygens (including phenoxy) is 1. The van der Waals surface area contributed by atoms with Crippen LogP contribution in [0, 0.1) is 10.1 Å². The SMILES string of the molecule is O=[N+]([O-])c1ccccc1CCOc1ccc(Cl)nc1. The van der Waals surface area contributed by atoms with Crippen molar-refractivity contribution in [3.8, 4) is 5.75 Å². The maximum absolute atomic E-state index is 10.8. The molecule has 0 amide bonds. The van der Waals surface area contributed by atoms with Crippen molar-refractivity contribution in [2.24, 2.45) is 0 Å². The van der Waals surface area contributed by atoms with Crippen LogP contribution in [0.25, 0.3) is 0 Å². The maximum atomic E-state index is 10.8. The lowest BCUT2D eigenvalue weighted by atomic mass is 10.1.